The van der Waals surface area contributed by atoms with E-state index < -0.39 is 9.84 Å². The highest BCUT2D eigenvalue weighted by molar-refractivity contribution is 7.92. The molecule has 4 nitrogen and oxygen atoms in total. The fourth-order valence-electron chi connectivity index (χ4n) is 2.46. The zero-order valence-electron chi connectivity index (χ0n) is 11.3. The number of nitrogens with one attached hydrogen (secondary N) is 2. The lowest BCUT2D eigenvalue weighted by atomic mass is 10.3. The van der Waals surface area contributed by atoms with E-state index in [-0.39, 0.29) is 9.79 Å². The third-order valence-corrected chi connectivity index (χ3v) is 7.65. The number of hydrogen-bond donors (Lipinski definition) is 2. The van der Waals surface area contributed by atoms with E-state index in [0.717, 1.165) is 9.40 Å². The first kappa shape index (κ1) is 15.2. The van der Waals surface area contributed by atoms with Crippen molar-refractivity contribution in [3.8, 4) is 0 Å². The molecule has 9 heteroatoms. The molecule has 0 spiro atoms. The van der Waals surface area contributed by atoms with Gasteiger partial charge in [-0.1, -0.05) is 12.1 Å². The van der Waals surface area contributed by atoms with Crippen LogP contribution < -0.4 is 0 Å². The predicted molar refractivity (Wildman–Crippen MR) is 99.5 cm³/mol. The number of aromatic nitrogens is 2. The van der Waals surface area contributed by atoms with Gasteiger partial charge in [0.1, 0.15) is 0 Å². The van der Waals surface area contributed by atoms with Crippen molar-refractivity contribution in [3.05, 3.63) is 44.3 Å². The summed E-state index contributed by atoms with van der Waals surface area (Å²) >= 11 is 13.0. The van der Waals surface area contributed by atoms with E-state index in [2.05, 4.69) is 9.97 Å². The van der Waals surface area contributed by atoms with E-state index in [1.54, 1.807) is 24.3 Å². The molecule has 0 radical (unpaired) electrons. The molecule has 0 aliphatic carbocycles. The molecule has 0 bridgehead atoms. The average Bonchev–Trinajstić information content (AvgIpc) is 3.06. The molecule has 0 saturated carbocycles. The third kappa shape index (κ3) is 2.39. The Morgan fingerprint density at radius 3 is 1.65 bits per heavy atom. The second kappa shape index (κ2) is 5.32. The summed E-state index contributed by atoms with van der Waals surface area (Å²) in [6, 6.07) is 10.3. The van der Waals surface area contributed by atoms with Crippen LogP contribution in [0.25, 0.3) is 20.4 Å². The predicted octanol–water partition coefficient (Wildman–Crippen LogP) is 5.06. The van der Waals surface area contributed by atoms with Crippen LogP contribution in [0.5, 0.6) is 0 Å². The van der Waals surface area contributed by atoms with Crippen molar-refractivity contribution < 1.29 is 8.42 Å². The number of thiazole rings is 2. The van der Waals surface area contributed by atoms with Crippen molar-refractivity contribution in [3.63, 3.8) is 0 Å². The number of sulfone groups is 1. The number of aromatic amines is 2. The molecule has 0 fully saturated rings. The maximum Gasteiger partial charge on any atom is 0.210 e. The number of rotatable bonds is 2. The van der Waals surface area contributed by atoms with E-state index >= 15 is 0 Å². The molecular formula is C14H8N2O2S5. The lowest BCUT2D eigenvalue weighted by molar-refractivity contribution is 0.597. The Hall–Kier alpha value is -1.39. The monoisotopic (exact) mass is 396 g/mol. The zero-order chi connectivity index (χ0) is 16.2. The molecule has 2 N–H and O–H groups in total. The fraction of sp³-hybridized carbons (Fsp3) is 0. The standard InChI is InChI=1S/C14H8N2O2S5/c17-23(18,9-5-1-3-7-11(9)15-13(19)21-7)10-6-2-4-8-12(10)16-14(20)22-8/h1-6H,(H,15,19)(H,16,20). The molecule has 0 unspecified atom stereocenters. The van der Waals surface area contributed by atoms with Gasteiger partial charge in [-0.3, -0.25) is 0 Å². The van der Waals surface area contributed by atoms with Gasteiger partial charge in [0.25, 0.3) is 0 Å². The number of hydrogen-bond acceptors (Lipinski definition) is 6. The molecule has 2 aromatic heterocycles. The molecule has 0 aliphatic rings. The van der Waals surface area contributed by atoms with Crippen molar-refractivity contribution in [2.24, 2.45) is 0 Å². The van der Waals surface area contributed by atoms with Crippen molar-refractivity contribution in [1.82, 2.24) is 9.97 Å². The molecule has 2 heterocycles. The summed E-state index contributed by atoms with van der Waals surface area (Å²) in [5.41, 5.74) is 1.10. The second-order valence-electron chi connectivity index (χ2n) is 4.79. The van der Waals surface area contributed by atoms with Crippen molar-refractivity contribution >= 4 is 77.4 Å². The maximum atomic E-state index is 13.2. The summed E-state index contributed by atoms with van der Waals surface area (Å²) in [6.45, 7) is 0. The van der Waals surface area contributed by atoms with Gasteiger partial charge < -0.3 is 9.97 Å². The Morgan fingerprint density at radius 2 is 1.22 bits per heavy atom. The summed E-state index contributed by atoms with van der Waals surface area (Å²) in [6.07, 6.45) is 0. The van der Waals surface area contributed by atoms with Crippen LogP contribution >= 0.6 is 47.1 Å². The van der Waals surface area contributed by atoms with Crippen molar-refractivity contribution in [2.75, 3.05) is 0 Å². The van der Waals surface area contributed by atoms with E-state index in [1.165, 1.54) is 22.7 Å². The summed E-state index contributed by atoms with van der Waals surface area (Å²) in [5, 5.41) is 0. The minimum absolute atomic E-state index is 0.223. The number of benzene rings is 2. The van der Waals surface area contributed by atoms with Gasteiger partial charge >= 0.3 is 0 Å². The van der Waals surface area contributed by atoms with Crippen LogP contribution in [0.4, 0.5) is 0 Å². The van der Waals surface area contributed by atoms with Gasteiger partial charge in [0.2, 0.25) is 9.84 Å². The molecule has 0 amide bonds. The summed E-state index contributed by atoms with van der Waals surface area (Å²) in [4.78, 5) is 6.41. The van der Waals surface area contributed by atoms with Crippen LogP contribution in [0.3, 0.4) is 0 Å². The van der Waals surface area contributed by atoms with Crippen LogP contribution in [0.1, 0.15) is 0 Å². The van der Waals surface area contributed by atoms with Crippen LogP contribution in [0.15, 0.2) is 46.2 Å². The molecule has 116 valence electrons. The van der Waals surface area contributed by atoms with Crippen LogP contribution in [-0.2, 0) is 9.84 Å². The normalized spacial score (nSPS) is 12.2. The second-order valence-corrected chi connectivity index (χ2v) is 10.1. The Kier molecular flexibility index (Phi) is 3.50. The van der Waals surface area contributed by atoms with Gasteiger partial charge in [0, 0.05) is 0 Å². The number of H-pyrrole nitrogens is 2. The van der Waals surface area contributed by atoms with Crippen LogP contribution in [-0.4, -0.2) is 18.4 Å². The van der Waals surface area contributed by atoms with E-state index in [9.17, 15) is 8.42 Å². The maximum absolute atomic E-state index is 13.2. The highest BCUT2D eigenvalue weighted by atomic mass is 32.2. The van der Waals surface area contributed by atoms with E-state index in [0.29, 0.717) is 18.9 Å². The lowest BCUT2D eigenvalue weighted by Gasteiger charge is -2.07. The summed E-state index contributed by atoms with van der Waals surface area (Å²) in [7, 11) is -3.71. The first-order chi connectivity index (χ1) is 11.0. The van der Waals surface area contributed by atoms with Crippen molar-refractivity contribution in [1.29, 1.82) is 0 Å². The van der Waals surface area contributed by atoms with Gasteiger partial charge in [-0.15, -0.1) is 22.7 Å². The minimum atomic E-state index is -3.71. The Balaban J connectivity index is 2.10. The van der Waals surface area contributed by atoms with Crippen LogP contribution in [0.2, 0.25) is 0 Å². The van der Waals surface area contributed by atoms with E-state index in [4.69, 9.17) is 24.4 Å². The molecular weight excluding hydrogens is 389 g/mol. The summed E-state index contributed by atoms with van der Waals surface area (Å²) < 4.78 is 29.1. The largest absolute Gasteiger partial charge is 0.336 e. The van der Waals surface area contributed by atoms with Gasteiger partial charge in [-0.2, -0.15) is 0 Å². The molecule has 2 aromatic carbocycles. The lowest BCUT2D eigenvalue weighted by Crippen LogP contribution is -2.03. The quantitative estimate of drug-likeness (QED) is 0.465. The number of para-hydroxylation sites is 2. The Labute approximate surface area is 149 Å². The van der Waals surface area contributed by atoms with Crippen LogP contribution in [0, 0.1) is 7.91 Å². The highest BCUT2D eigenvalue weighted by Crippen LogP contribution is 2.33. The minimum Gasteiger partial charge on any atom is -0.336 e. The number of fused-ring (bicyclic) bond motifs is 2. The van der Waals surface area contributed by atoms with E-state index in [1.807, 2.05) is 12.1 Å². The smallest absolute Gasteiger partial charge is 0.210 e. The molecule has 0 aliphatic heterocycles. The fourth-order valence-corrected chi connectivity index (χ4v) is 6.47. The van der Waals surface area contributed by atoms with Gasteiger partial charge in [0.05, 0.1) is 30.2 Å². The molecule has 4 rings (SSSR count). The molecule has 0 saturated heterocycles. The SMILES string of the molecule is O=S(=O)(c1cccc2sc(=S)[nH]c12)c1cccc2sc(=S)[nH]c12. The van der Waals surface area contributed by atoms with Crippen molar-refractivity contribution in [2.45, 2.75) is 9.79 Å². The Bertz CT molecular complexity index is 1180. The van der Waals surface area contributed by atoms with Gasteiger partial charge in [-0.05, 0) is 48.7 Å². The first-order valence-corrected chi connectivity index (χ1v) is 10.4. The van der Waals surface area contributed by atoms with Gasteiger partial charge in [-0.25, -0.2) is 8.42 Å². The topological polar surface area (TPSA) is 65.7 Å². The average molecular weight is 397 g/mol. The molecule has 4 aromatic rings. The zero-order valence-corrected chi connectivity index (χ0v) is 15.4. The molecule has 0 atom stereocenters. The first-order valence-electron chi connectivity index (χ1n) is 6.45. The molecule has 23 heavy (non-hydrogen) atoms. The Morgan fingerprint density at radius 1 is 0.783 bits per heavy atom. The third-order valence-electron chi connectivity index (χ3n) is 3.41. The van der Waals surface area contributed by atoms with Gasteiger partial charge in [0.15, 0.2) is 7.91 Å². The highest BCUT2D eigenvalue weighted by Gasteiger charge is 2.24. The summed E-state index contributed by atoms with van der Waals surface area (Å²) in [5.74, 6) is 0.